The summed E-state index contributed by atoms with van der Waals surface area (Å²) in [4.78, 5) is 11.3. The van der Waals surface area contributed by atoms with Crippen LogP contribution in [0, 0.1) is 0 Å². The Balaban J connectivity index is 2.50. The molecule has 1 heterocycles. The van der Waals surface area contributed by atoms with E-state index in [-0.39, 0.29) is 10.6 Å². The monoisotopic (exact) mass is 288 g/mol. The van der Waals surface area contributed by atoms with Gasteiger partial charge in [-0.1, -0.05) is 29.3 Å². The van der Waals surface area contributed by atoms with Gasteiger partial charge in [-0.2, -0.15) is 0 Å². The highest BCUT2D eigenvalue weighted by Gasteiger charge is 2.15. The Labute approximate surface area is 111 Å². The summed E-state index contributed by atoms with van der Waals surface area (Å²) in [7, 11) is 0. The summed E-state index contributed by atoms with van der Waals surface area (Å²) in [6, 6.07) is 6.36. The van der Waals surface area contributed by atoms with Gasteiger partial charge in [-0.15, -0.1) is 11.3 Å². The van der Waals surface area contributed by atoms with Crippen molar-refractivity contribution in [2.45, 2.75) is 0 Å². The third-order valence-electron chi connectivity index (χ3n) is 2.11. The molecule has 3 nitrogen and oxygen atoms in total. The highest BCUT2D eigenvalue weighted by atomic mass is 35.5. The van der Waals surface area contributed by atoms with Crippen LogP contribution in [-0.4, -0.2) is 16.2 Å². The van der Waals surface area contributed by atoms with E-state index in [9.17, 15) is 9.90 Å². The number of hydrogen-bond acceptors (Lipinski definition) is 3. The number of rotatable bonds is 2. The van der Waals surface area contributed by atoms with Gasteiger partial charge in [0.15, 0.2) is 4.88 Å². The number of carboxylic acid groups (broad SMARTS) is 1. The molecule has 1 aromatic carbocycles. The molecule has 0 radical (unpaired) electrons. The molecule has 0 saturated carbocycles. The Morgan fingerprint density at radius 1 is 1.18 bits per heavy atom. The van der Waals surface area contributed by atoms with Crippen molar-refractivity contribution in [3.05, 3.63) is 39.2 Å². The molecular formula is C11H6Cl2O3S. The zero-order valence-electron chi connectivity index (χ0n) is 8.28. The number of carboxylic acids is 1. The highest BCUT2D eigenvalue weighted by molar-refractivity contribution is 7.17. The quantitative estimate of drug-likeness (QED) is 0.874. The normalized spacial score (nSPS) is 10.5. The third kappa shape index (κ3) is 2.39. The van der Waals surface area contributed by atoms with E-state index in [4.69, 9.17) is 28.3 Å². The number of thiophene rings is 1. The van der Waals surface area contributed by atoms with E-state index in [0.29, 0.717) is 20.5 Å². The maximum Gasteiger partial charge on any atom is 0.349 e. The summed E-state index contributed by atoms with van der Waals surface area (Å²) in [5, 5.41) is 19.1. The Morgan fingerprint density at radius 2 is 1.88 bits per heavy atom. The summed E-state index contributed by atoms with van der Waals surface area (Å²) < 4.78 is 0. The second-order valence-electron chi connectivity index (χ2n) is 3.26. The minimum atomic E-state index is -1.15. The Bertz CT molecular complexity index is 592. The fourth-order valence-corrected chi connectivity index (χ4v) is 2.51. The van der Waals surface area contributed by atoms with Crippen LogP contribution in [-0.2, 0) is 0 Å². The lowest BCUT2D eigenvalue weighted by atomic mass is 10.2. The van der Waals surface area contributed by atoms with Crippen LogP contribution in [0.4, 0.5) is 0 Å². The minimum absolute atomic E-state index is 0.0916. The Morgan fingerprint density at radius 3 is 2.41 bits per heavy atom. The molecule has 0 amide bonds. The highest BCUT2D eigenvalue weighted by Crippen LogP contribution is 2.37. The zero-order valence-corrected chi connectivity index (χ0v) is 10.6. The lowest BCUT2D eigenvalue weighted by Gasteiger charge is -1.99. The van der Waals surface area contributed by atoms with Crippen LogP contribution in [0.25, 0.3) is 10.4 Å². The number of hydrogen-bond donors (Lipinski definition) is 2. The summed E-state index contributed by atoms with van der Waals surface area (Å²) in [5.41, 5.74) is 0.715. The summed E-state index contributed by atoms with van der Waals surface area (Å²) in [5.74, 6) is -1.40. The number of aromatic hydroxyl groups is 1. The standard InChI is InChI=1S/C11H6Cl2O3S/c12-6-2-1-5(3-7(6)13)9-4-8(14)10(17-9)11(15)16/h1-4,14H,(H,15,16). The van der Waals surface area contributed by atoms with Crippen molar-refractivity contribution in [1.29, 1.82) is 0 Å². The molecule has 0 bridgehead atoms. The van der Waals surface area contributed by atoms with Crippen molar-refractivity contribution in [3.63, 3.8) is 0 Å². The lowest BCUT2D eigenvalue weighted by Crippen LogP contribution is -1.90. The fraction of sp³-hybridized carbons (Fsp3) is 0. The van der Waals surface area contributed by atoms with Crippen LogP contribution >= 0.6 is 34.5 Å². The number of carbonyl (C=O) groups is 1. The van der Waals surface area contributed by atoms with Gasteiger partial charge in [-0.05, 0) is 23.8 Å². The van der Waals surface area contributed by atoms with E-state index in [0.717, 1.165) is 11.3 Å². The van der Waals surface area contributed by atoms with Gasteiger partial charge in [-0.3, -0.25) is 0 Å². The van der Waals surface area contributed by atoms with E-state index < -0.39 is 5.97 Å². The van der Waals surface area contributed by atoms with Crippen molar-refractivity contribution >= 4 is 40.5 Å². The van der Waals surface area contributed by atoms with Crippen molar-refractivity contribution in [2.75, 3.05) is 0 Å². The number of halogens is 2. The van der Waals surface area contributed by atoms with Crippen molar-refractivity contribution in [2.24, 2.45) is 0 Å². The third-order valence-corrected chi connectivity index (χ3v) is 4.01. The molecule has 0 aliphatic rings. The molecule has 0 saturated heterocycles. The first-order valence-corrected chi connectivity index (χ1v) is 6.08. The number of benzene rings is 1. The smallest absolute Gasteiger partial charge is 0.349 e. The van der Waals surface area contributed by atoms with Gasteiger partial charge in [0.25, 0.3) is 0 Å². The molecule has 0 unspecified atom stereocenters. The number of aromatic carboxylic acids is 1. The predicted molar refractivity (Wildman–Crippen MR) is 68.4 cm³/mol. The average molecular weight is 289 g/mol. The van der Waals surface area contributed by atoms with Gasteiger partial charge in [-0.25, -0.2) is 4.79 Å². The van der Waals surface area contributed by atoms with E-state index in [2.05, 4.69) is 0 Å². The summed E-state index contributed by atoms with van der Waals surface area (Å²) >= 11 is 12.6. The molecule has 0 fully saturated rings. The van der Waals surface area contributed by atoms with Gasteiger partial charge in [0.05, 0.1) is 10.0 Å². The van der Waals surface area contributed by atoms with E-state index >= 15 is 0 Å². The topological polar surface area (TPSA) is 57.5 Å². The maximum atomic E-state index is 10.8. The molecule has 2 rings (SSSR count). The first kappa shape index (κ1) is 12.2. The molecule has 17 heavy (non-hydrogen) atoms. The second kappa shape index (κ2) is 4.56. The molecule has 0 atom stereocenters. The fourth-order valence-electron chi connectivity index (χ4n) is 1.33. The van der Waals surface area contributed by atoms with Gasteiger partial charge < -0.3 is 10.2 Å². The van der Waals surface area contributed by atoms with Gasteiger partial charge in [0.1, 0.15) is 5.75 Å². The summed E-state index contributed by atoms with van der Waals surface area (Å²) in [6.45, 7) is 0. The molecule has 2 aromatic rings. The summed E-state index contributed by atoms with van der Waals surface area (Å²) in [6.07, 6.45) is 0. The van der Waals surface area contributed by atoms with Crippen molar-refractivity contribution in [3.8, 4) is 16.2 Å². The molecule has 0 aliphatic heterocycles. The predicted octanol–water partition coefficient (Wildman–Crippen LogP) is 4.13. The first-order chi connectivity index (χ1) is 7.99. The minimum Gasteiger partial charge on any atom is -0.506 e. The van der Waals surface area contributed by atoms with Gasteiger partial charge in [0.2, 0.25) is 0 Å². The molecular weight excluding hydrogens is 283 g/mol. The van der Waals surface area contributed by atoms with E-state index in [1.54, 1.807) is 18.2 Å². The van der Waals surface area contributed by atoms with Crippen LogP contribution in [0.3, 0.4) is 0 Å². The van der Waals surface area contributed by atoms with Gasteiger partial charge in [0, 0.05) is 4.88 Å². The molecule has 6 heteroatoms. The molecule has 1 aromatic heterocycles. The van der Waals surface area contributed by atoms with Crippen LogP contribution in [0.15, 0.2) is 24.3 Å². The zero-order chi connectivity index (χ0) is 12.6. The van der Waals surface area contributed by atoms with Gasteiger partial charge >= 0.3 is 5.97 Å². The second-order valence-corrected chi connectivity index (χ2v) is 5.13. The SMILES string of the molecule is O=C(O)c1sc(-c2ccc(Cl)c(Cl)c2)cc1O. The molecule has 0 spiro atoms. The van der Waals surface area contributed by atoms with Crippen LogP contribution in [0.5, 0.6) is 5.75 Å². The van der Waals surface area contributed by atoms with Crippen molar-refractivity contribution < 1.29 is 15.0 Å². The van der Waals surface area contributed by atoms with E-state index in [1.165, 1.54) is 6.07 Å². The van der Waals surface area contributed by atoms with E-state index in [1.807, 2.05) is 0 Å². The Kier molecular flexibility index (Phi) is 3.28. The maximum absolute atomic E-state index is 10.8. The molecule has 88 valence electrons. The first-order valence-electron chi connectivity index (χ1n) is 4.50. The molecule has 0 aliphatic carbocycles. The van der Waals surface area contributed by atoms with Crippen LogP contribution in [0.1, 0.15) is 9.67 Å². The average Bonchev–Trinajstić information content (AvgIpc) is 2.64. The lowest BCUT2D eigenvalue weighted by molar-refractivity contribution is 0.0699. The largest absolute Gasteiger partial charge is 0.506 e. The Hall–Kier alpha value is -1.23. The van der Waals surface area contributed by atoms with Crippen molar-refractivity contribution in [1.82, 2.24) is 0 Å². The van der Waals surface area contributed by atoms with Crippen LogP contribution in [0.2, 0.25) is 10.0 Å². The van der Waals surface area contributed by atoms with Crippen LogP contribution < -0.4 is 0 Å². The molecule has 2 N–H and O–H groups in total.